The number of carbonyl (C=O) groups excluding carboxylic acids is 1. The van der Waals surface area contributed by atoms with Crippen molar-refractivity contribution in [1.29, 1.82) is 0 Å². The molecule has 88 valence electrons. The fourth-order valence-electron chi connectivity index (χ4n) is 2.14. The predicted octanol–water partition coefficient (Wildman–Crippen LogP) is 0.182. The van der Waals surface area contributed by atoms with Crippen LogP contribution in [-0.4, -0.2) is 43.0 Å². The Hall–Kier alpha value is -0.610. The molecule has 0 aliphatic carbocycles. The van der Waals surface area contributed by atoms with Crippen molar-refractivity contribution in [3.63, 3.8) is 0 Å². The van der Waals surface area contributed by atoms with Crippen molar-refractivity contribution in [3.8, 4) is 0 Å². The number of nitrogens with zero attached hydrogens (tertiary/aromatic N) is 1. The van der Waals surface area contributed by atoms with E-state index in [-0.39, 0.29) is 11.9 Å². The second-order valence-electron chi connectivity index (χ2n) is 4.39. The second-order valence-corrected chi connectivity index (χ2v) is 4.39. The average Bonchev–Trinajstić information content (AvgIpc) is 2.25. The van der Waals surface area contributed by atoms with Gasteiger partial charge in [0.15, 0.2) is 0 Å². The van der Waals surface area contributed by atoms with E-state index in [4.69, 9.17) is 5.73 Å². The largest absolute Gasteiger partial charge is 0.368 e. The molecule has 0 spiro atoms. The molecule has 0 saturated carbocycles. The van der Waals surface area contributed by atoms with Crippen LogP contribution >= 0.6 is 0 Å². The standard InChI is InChI=1S/C11H23N3O/c1-3-13-7-10-5-4-6-14(8-10)9(2)11(12)15/h9-10,13H,3-8H2,1-2H3,(H2,12,15). The van der Waals surface area contributed by atoms with Gasteiger partial charge in [-0.1, -0.05) is 6.92 Å². The highest BCUT2D eigenvalue weighted by molar-refractivity contribution is 5.79. The summed E-state index contributed by atoms with van der Waals surface area (Å²) in [7, 11) is 0. The molecule has 1 rings (SSSR count). The van der Waals surface area contributed by atoms with E-state index in [1.54, 1.807) is 0 Å². The number of primary amides is 1. The second kappa shape index (κ2) is 6.08. The van der Waals surface area contributed by atoms with Gasteiger partial charge in [-0.05, 0) is 45.3 Å². The molecule has 0 aromatic heterocycles. The molecular weight excluding hydrogens is 190 g/mol. The molecule has 4 heteroatoms. The van der Waals surface area contributed by atoms with E-state index < -0.39 is 0 Å². The Kier molecular flexibility index (Phi) is 5.05. The van der Waals surface area contributed by atoms with Crippen molar-refractivity contribution in [2.24, 2.45) is 11.7 Å². The first-order valence-electron chi connectivity index (χ1n) is 5.89. The van der Waals surface area contributed by atoms with Gasteiger partial charge in [0.05, 0.1) is 6.04 Å². The fourth-order valence-corrected chi connectivity index (χ4v) is 2.14. The van der Waals surface area contributed by atoms with Crippen LogP contribution in [0.1, 0.15) is 26.7 Å². The minimum Gasteiger partial charge on any atom is -0.368 e. The minimum absolute atomic E-state index is 0.116. The molecule has 1 aliphatic heterocycles. The summed E-state index contributed by atoms with van der Waals surface area (Å²) in [5, 5.41) is 3.36. The van der Waals surface area contributed by atoms with Crippen LogP contribution in [0.2, 0.25) is 0 Å². The van der Waals surface area contributed by atoms with Crippen LogP contribution in [0.15, 0.2) is 0 Å². The zero-order chi connectivity index (χ0) is 11.3. The molecule has 2 atom stereocenters. The topological polar surface area (TPSA) is 58.4 Å². The molecule has 1 fully saturated rings. The molecule has 0 aromatic rings. The van der Waals surface area contributed by atoms with Gasteiger partial charge >= 0.3 is 0 Å². The number of rotatable bonds is 5. The first-order valence-corrected chi connectivity index (χ1v) is 5.89. The third kappa shape index (κ3) is 3.80. The van der Waals surface area contributed by atoms with Crippen LogP contribution in [0.5, 0.6) is 0 Å². The maximum Gasteiger partial charge on any atom is 0.234 e. The fraction of sp³-hybridized carbons (Fsp3) is 0.909. The van der Waals surface area contributed by atoms with E-state index in [0.29, 0.717) is 5.92 Å². The Morgan fingerprint density at radius 1 is 1.67 bits per heavy atom. The molecule has 1 aliphatic rings. The van der Waals surface area contributed by atoms with Crippen molar-refractivity contribution in [2.75, 3.05) is 26.2 Å². The van der Waals surface area contributed by atoms with Crippen LogP contribution < -0.4 is 11.1 Å². The number of nitrogens with two attached hydrogens (primary N) is 1. The summed E-state index contributed by atoms with van der Waals surface area (Å²) in [5.74, 6) is 0.458. The van der Waals surface area contributed by atoms with Gasteiger partial charge in [0.1, 0.15) is 0 Å². The maximum absolute atomic E-state index is 11.1. The molecule has 1 saturated heterocycles. The average molecular weight is 213 g/mol. The number of hydrogen-bond donors (Lipinski definition) is 2. The first-order chi connectivity index (χ1) is 7.15. The zero-order valence-electron chi connectivity index (χ0n) is 9.83. The number of hydrogen-bond acceptors (Lipinski definition) is 3. The SMILES string of the molecule is CCNCC1CCCN(C(C)C(N)=O)C1. The number of amides is 1. The quantitative estimate of drug-likeness (QED) is 0.685. The van der Waals surface area contributed by atoms with Gasteiger partial charge in [0.25, 0.3) is 0 Å². The van der Waals surface area contributed by atoms with E-state index >= 15 is 0 Å². The number of nitrogens with one attached hydrogen (secondary N) is 1. The molecule has 2 unspecified atom stereocenters. The summed E-state index contributed by atoms with van der Waals surface area (Å²) >= 11 is 0. The van der Waals surface area contributed by atoms with Crippen molar-refractivity contribution < 1.29 is 4.79 Å². The number of carbonyl (C=O) groups is 1. The van der Waals surface area contributed by atoms with Gasteiger partial charge in [-0.15, -0.1) is 0 Å². The zero-order valence-corrected chi connectivity index (χ0v) is 9.83. The summed E-state index contributed by atoms with van der Waals surface area (Å²) in [6.07, 6.45) is 2.43. The number of piperidine rings is 1. The Morgan fingerprint density at radius 3 is 3.00 bits per heavy atom. The lowest BCUT2D eigenvalue weighted by Gasteiger charge is -2.35. The molecule has 0 bridgehead atoms. The van der Waals surface area contributed by atoms with Gasteiger partial charge in [0, 0.05) is 6.54 Å². The van der Waals surface area contributed by atoms with Gasteiger partial charge < -0.3 is 11.1 Å². The van der Waals surface area contributed by atoms with Crippen molar-refractivity contribution >= 4 is 5.91 Å². The van der Waals surface area contributed by atoms with E-state index in [2.05, 4.69) is 17.1 Å². The molecule has 0 aromatic carbocycles. The molecule has 4 nitrogen and oxygen atoms in total. The minimum atomic E-state index is -0.209. The maximum atomic E-state index is 11.1. The summed E-state index contributed by atoms with van der Waals surface area (Å²) < 4.78 is 0. The lowest BCUT2D eigenvalue weighted by Crippen LogP contribution is -2.48. The molecule has 15 heavy (non-hydrogen) atoms. The summed E-state index contributed by atoms with van der Waals surface area (Å²) in [4.78, 5) is 13.3. The highest BCUT2D eigenvalue weighted by atomic mass is 16.1. The van der Waals surface area contributed by atoms with Crippen molar-refractivity contribution in [2.45, 2.75) is 32.7 Å². The van der Waals surface area contributed by atoms with Gasteiger partial charge in [0.2, 0.25) is 5.91 Å². The highest BCUT2D eigenvalue weighted by Crippen LogP contribution is 2.17. The predicted molar refractivity (Wildman–Crippen MR) is 61.5 cm³/mol. The molecule has 1 heterocycles. The highest BCUT2D eigenvalue weighted by Gasteiger charge is 2.25. The Bertz CT molecular complexity index is 208. The van der Waals surface area contributed by atoms with Crippen molar-refractivity contribution in [3.05, 3.63) is 0 Å². The monoisotopic (exact) mass is 213 g/mol. The van der Waals surface area contributed by atoms with Gasteiger partial charge in [-0.25, -0.2) is 0 Å². The van der Waals surface area contributed by atoms with Crippen LogP contribution in [0.3, 0.4) is 0 Å². The van der Waals surface area contributed by atoms with Crippen LogP contribution in [0.4, 0.5) is 0 Å². The summed E-state index contributed by atoms with van der Waals surface area (Å²) in [6, 6.07) is -0.116. The van der Waals surface area contributed by atoms with E-state index in [0.717, 1.165) is 26.2 Å². The van der Waals surface area contributed by atoms with Crippen LogP contribution in [-0.2, 0) is 4.79 Å². The van der Waals surface area contributed by atoms with E-state index in [9.17, 15) is 4.79 Å². The Morgan fingerprint density at radius 2 is 2.40 bits per heavy atom. The smallest absolute Gasteiger partial charge is 0.234 e. The molecular formula is C11H23N3O. The number of likely N-dealkylation sites (tertiary alicyclic amines) is 1. The first kappa shape index (κ1) is 12.5. The van der Waals surface area contributed by atoms with Crippen LogP contribution in [0, 0.1) is 5.92 Å². The Labute approximate surface area is 92.2 Å². The normalized spacial score (nSPS) is 25.1. The Balaban J connectivity index is 2.38. The molecule has 1 amide bonds. The lowest BCUT2D eigenvalue weighted by molar-refractivity contribution is -0.123. The summed E-state index contributed by atoms with van der Waals surface area (Å²) in [6.45, 7) is 8.09. The van der Waals surface area contributed by atoms with E-state index in [1.165, 1.54) is 12.8 Å². The lowest BCUT2D eigenvalue weighted by atomic mass is 9.96. The van der Waals surface area contributed by atoms with Crippen LogP contribution in [0.25, 0.3) is 0 Å². The van der Waals surface area contributed by atoms with Crippen molar-refractivity contribution in [1.82, 2.24) is 10.2 Å². The third-order valence-electron chi connectivity index (χ3n) is 3.19. The molecule has 3 N–H and O–H groups in total. The summed E-state index contributed by atoms with van der Waals surface area (Å²) in [5.41, 5.74) is 5.32. The van der Waals surface area contributed by atoms with Gasteiger partial charge in [-0.2, -0.15) is 0 Å². The third-order valence-corrected chi connectivity index (χ3v) is 3.19. The van der Waals surface area contributed by atoms with Gasteiger partial charge in [-0.3, -0.25) is 9.69 Å². The van der Waals surface area contributed by atoms with E-state index in [1.807, 2.05) is 6.92 Å². The molecule has 0 radical (unpaired) electrons.